The molecule has 1 aromatic carbocycles. The van der Waals surface area contributed by atoms with E-state index in [0.717, 1.165) is 0 Å². The summed E-state index contributed by atoms with van der Waals surface area (Å²) in [4.78, 5) is 28.2. The molecule has 1 aliphatic rings. The van der Waals surface area contributed by atoms with Gasteiger partial charge in [-0.15, -0.1) is 0 Å². The van der Waals surface area contributed by atoms with Crippen LogP contribution in [-0.2, 0) is 9.59 Å². The van der Waals surface area contributed by atoms with E-state index in [9.17, 15) is 9.59 Å². The number of aromatic nitrogens is 1. The predicted octanol–water partition coefficient (Wildman–Crippen LogP) is 2.98. The summed E-state index contributed by atoms with van der Waals surface area (Å²) in [6.07, 6.45) is 0.970. The van der Waals surface area contributed by atoms with Crippen LogP contribution in [0.3, 0.4) is 0 Å². The number of halogens is 1. The average molecular weight is 381 g/mol. The molecule has 26 heavy (non-hydrogen) atoms. The number of carboxylic acid groups (broad SMARTS) is 1. The molecule has 0 fully saturated rings. The lowest BCUT2D eigenvalue weighted by molar-refractivity contribution is -0.136. The Kier molecular flexibility index (Phi) is 5.03. The third-order valence-electron chi connectivity index (χ3n) is 3.85. The first-order chi connectivity index (χ1) is 12.3. The van der Waals surface area contributed by atoms with Gasteiger partial charge >= 0.3 is 5.97 Å². The maximum atomic E-state index is 12.0. The standard InChI is InChI=1S/C17H17ClN2O6/c1-9(15-7-19-10(2)26-15)25-13-6-14-12(5-11(13)18)20(4-3-17(22)23)16(21)8-24-14/h5-7,9H,3-4,8H2,1-2H3,(H,22,23). The Bertz CT molecular complexity index is 850. The summed E-state index contributed by atoms with van der Waals surface area (Å²) in [5.74, 6) is 0.523. The van der Waals surface area contributed by atoms with Crippen LogP contribution in [0.4, 0.5) is 5.69 Å². The fraction of sp³-hybridized carbons (Fsp3) is 0.353. The lowest BCUT2D eigenvalue weighted by Crippen LogP contribution is -2.40. The van der Waals surface area contributed by atoms with Gasteiger partial charge in [0.1, 0.15) is 11.5 Å². The number of nitrogens with zero attached hydrogens (tertiary/aromatic N) is 2. The molecule has 0 saturated heterocycles. The largest absolute Gasteiger partial charge is 0.481 e. The highest BCUT2D eigenvalue weighted by Crippen LogP contribution is 2.41. The molecule has 1 aromatic heterocycles. The van der Waals surface area contributed by atoms with E-state index in [4.69, 9.17) is 30.6 Å². The summed E-state index contributed by atoms with van der Waals surface area (Å²) in [7, 11) is 0. The summed E-state index contributed by atoms with van der Waals surface area (Å²) in [6, 6.07) is 3.11. The number of carboxylic acids is 1. The molecule has 8 nitrogen and oxygen atoms in total. The van der Waals surface area contributed by atoms with Crippen molar-refractivity contribution in [3.8, 4) is 11.5 Å². The smallest absolute Gasteiger partial charge is 0.305 e. The van der Waals surface area contributed by atoms with Crippen molar-refractivity contribution in [1.82, 2.24) is 4.98 Å². The summed E-state index contributed by atoms with van der Waals surface area (Å²) >= 11 is 6.29. The van der Waals surface area contributed by atoms with Gasteiger partial charge in [0.15, 0.2) is 24.4 Å². The van der Waals surface area contributed by atoms with Crippen molar-refractivity contribution in [2.75, 3.05) is 18.1 Å². The molecule has 0 saturated carbocycles. The zero-order chi connectivity index (χ0) is 18.8. The van der Waals surface area contributed by atoms with Crippen LogP contribution in [0, 0.1) is 6.92 Å². The maximum absolute atomic E-state index is 12.0. The second-order valence-corrected chi connectivity index (χ2v) is 6.18. The highest BCUT2D eigenvalue weighted by atomic mass is 35.5. The van der Waals surface area contributed by atoms with Gasteiger partial charge in [0.25, 0.3) is 5.91 Å². The van der Waals surface area contributed by atoms with E-state index in [-0.39, 0.29) is 30.5 Å². The van der Waals surface area contributed by atoms with Crippen molar-refractivity contribution in [2.45, 2.75) is 26.4 Å². The van der Waals surface area contributed by atoms with Crippen LogP contribution >= 0.6 is 11.6 Å². The number of hydrogen-bond acceptors (Lipinski definition) is 6. The Balaban J connectivity index is 1.84. The van der Waals surface area contributed by atoms with E-state index >= 15 is 0 Å². The molecule has 1 atom stereocenters. The van der Waals surface area contributed by atoms with Crippen LogP contribution in [0.15, 0.2) is 22.7 Å². The quantitative estimate of drug-likeness (QED) is 0.821. The topological polar surface area (TPSA) is 102 Å². The van der Waals surface area contributed by atoms with Gasteiger partial charge in [0, 0.05) is 19.5 Å². The molecule has 0 aliphatic carbocycles. The summed E-state index contributed by atoms with van der Waals surface area (Å²) in [5.41, 5.74) is 0.419. The number of carbonyl (C=O) groups is 2. The molecule has 9 heteroatoms. The first-order valence-corrected chi connectivity index (χ1v) is 8.30. The van der Waals surface area contributed by atoms with Gasteiger partial charge < -0.3 is 23.9 Å². The van der Waals surface area contributed by atoms with Crippen LogP contribution in [0.25, 0.3) is 0 Å². The number of carbonyl (C=O) groups excluding carboxylic acids is 1. The summed E-state index contributed by atoms with van der Waals surface area (Å²) in [5, 5.41) is 9.13. The number of hydrogen-bond donors (Lipinski definition) is 1. The van der Waals surface area contributed by atoms with Gasteiger partial charge in [-0.1, -0.05) is 11.6 Å². The SMILES string of the molecule is Cc1ncc(C(C)Oc2cc3c(cc2Cl)N(CCC(=O)O)C(=O)CO3)o1. The number of oxazole rings is 1. The van der Waals surface area contributed by atoms with Gasteiger partial charge in [0.05, 0.1) is 23.3 Å². The minimum absolute atomic E-state index is 0.0365. The van der Waals surface area contributed by atoms with Gasteiger partial charge in [-0.3, -0.25) is 9.59 Å². The number of anilines is 1. The molecule has 1 N–H and O–H groups in total. The normalized spacial score (nSPS) is 14.6. The predicted molar refractivity (Wildman–Crippen MR) is 91.8 cm³/mol. The minimum atomic E-state index is -0.993. The Labute approximate surface area is 154 Å². The molecule has 1 amide bonds. The molecular formula is C17H17ClN2O6. The fourth-order valence-corrected chi connectivity index (χ4v) is 2.76. The third-order valence-corrected chi connectivity index (χ3v) is 4.14. The van der Waals surface area contributed by atoms with E-state index in [1.54, 1.807) is 26.1 Å². The summed E-state index contributed by atoms with van der Waals surface area (Å²) in [6.45, 7) is 3.39. The Hall–Kier alpha value is -2.74. The molecule has 0 spiro atoms. The zero-order valence-corrected chi connectivity index (χ0v) is 14.9. The molecule has 2 aromatic rings. The van der Waals surface area contributed by atoms with Crippen LogP contribution in [0.5, 0.6) is 11.5 Å². The number of aliphatic carboxylic acids is 1. The number of amides is 1. The van der Waals surface area contributed by atoms with Crippen molar-refractivity contribution < 1.29 is 28.6 Å². The van der Waals surface area contributed by atoms with Crippen molar-refractivity contribution in [1.29, 1.82) is 0 Å². The van der Waals surface area contributed by atoms with Crippen LogP contribution in [0.2, 0.25) is 5.02 Å². The number of ether oxygens (including phenoxy) is 2. The molecule has 0 bridgehead atoms. The molecule has 2 heterocycles. The number of benzene rings is 1. The van der Waals surface area contributed by atoms with E-state index in [0.29, 0.717) is 28.8 Å². The third kappa shape index (κ3) is 3.75. The van der Waals surface area contributed by atoms with Crippen molar-refractivity contribution in [2.24, 2.45) is 0 Å². The average Bonchev–Trinajstić information content (AvgIpc) is 3.01. The minimum Gasteiger partial charge on any atom is -0.481 e. The zero-order valence-electron chi connectivity index (χ0n) is 14.2. The molecule has 0 radical (unpaired) electrons. The number of aryl methyl sites for hydroxylation is 1. The Morgan fingerprint density at radius 2 is 2.27 bits per heavy atom. The van der Waals surface area contributed by atoms with E-state index in [2.05, 4.69) is 4.98 Å². The summed E-state index contributed by atoms with van der Waals surface area (Å²) < 4.78 is 16.7. The Morgan fingerprint density at radius 1 is 1.50 bits per heavy atom. The van der Waals surface area contributed by atoms with Crippen molar-refractivity contribution >= 4 is 29.2 Å². The molecule has 1 aliphatic heterocycles. The van der Waals surface area contributed by atoms with Crippen molar-refractivity contribution in [3.63, 3.8) is 0 Å². The first-order valence-electron chi connectivity index (χ1n) is 7.92. The fourth-order valence-electron chi connectivity index (χ4n) is 2.56. The second kappa shape index (κ2) is 7.25. The first kappa shape index (κ1) is 18.1. The lowest BCUT2D eigenvalue weighted by Gasteiger charge is -2.29. The Morgan fingerprint density at radius 3 is 2.92 bits per heavy atom. The lowest BCUT2D eigenvalue weighted by atomic mass is 10.2. The van der Waals surface area contributed by atoms with E-state index < -0.39 is 12.1 Å². The van der Waals surface area contributed by atoms with E-state index in [1.807, 2.05) is 0 Å². The van der Waals surface area contributed by atoms with Crippen LogP contribution < -0.4 is 14.4 Å². The van der Waals surface area contributed by atoms with Crippen LogP contribution in [0.1, 0.15) is 31.1 Å². The molecule has 1 unspecified atom stereocenters. The van der Waals surface area contributed by atoms with Gasteiger partial charge in [-0.2, -0.15) is 0 Å². The second-order valence-electron chi connectivity index (χ2n) is 5.77. The maximum Gasteiger partial charge on any atom is 0.305 e. The number of fused-ring (bicyclic) bond motifs is 1. The molecule has 138 valence electrons. The monoisotopic (exact) mass is 380 g/mol. The van der Waals surface area contributed by atoms with E-state index in [1.165, 1.54) is 11.0 Å². The highest BCUT2D eigenvalue weighted by Gasteiger charge is 2.28. The van der Waals surface area contributed by atoms with Gasteiger partial charge in [0.2, 0.25) is 0 Å². The van der Waals surface area contributed by atoms with Gasteiger partial charge in [-0.25, -0.2) is 4.98 Å². The molecule has 3 rings (SSSR count). The number of rotatable bonds is 6. The van der Waals surface area contributed by atoms with Crippen molar-refractivity contribution in [3.05, 3.63) is 35.0 Å². The highest BCUT2D eigenvalue weighted by molar-refractivity contribution is 6.32. The molecular weight excluding hydrogens is 364 g/mol. The van der Waals surface area contributed by atoms with Crippen LogP contribution in [-0.4, -0.2) is 35.1 Å². The van der Waals surface area contributed by atoms with Gasteiger partial charge in [-0.05, 0) is 13.0 Å².